The number of carboxylic acid groups (broad SMARTS) is 1. The van der Waals surface area contributed by atoms with Gasteiger partial charge >= 0.3 is 5.97 Å². The first-order chi connectivity index (χ1) is 16.4. The second-order valence-electron chi connectivity index (χ2n) is 7.90. The lowest BCUT2D eigenvalue weighted by Crippen LogP contribution is -2.32. The van der Waals surface area contributed by atoms with Gasteiger partial charge in [0.1, 0.15) is 0 Å². The van der Waals surface area contributed by atoms with Crippen molar-refractivity contribution in [3.05, 3.63) is 70.0 Å². The molecule has 0 aliphatic rings. The smallest absolute Gasteiger partial charge is 0.338 e. The van der Waals surface area contributed by atoms with Crippen LogP contribution < -0.4 is 5.56 Å². The summed E-state index contributed by atoms with van der Waals surface area (Å²) >= 11 is 0. The van der Waals surface area contributed by atoms with Gasteiger partial charge < -0.3 is 14.6 Å². The average molecular weight is 463 g/mol. The van der Waals surface area contributed by atoms with E-state index in [9.17, 15) is 14.4 Å². The third-order valence-corrected chi connectivity index (χ3v) is 5.35. The first-order valence-corrected chi connectivity index (χ1v) is 11.0. The van der Waals surface area contributed by atoms with E-state index in [0.29, 0.717) is 12.1 Å². The van der Waals surface area contributed by atoms with E-state index >= 15 is 0 Å². The molecule has 1 aromatic carbocycles. The summed E-state index contributed by atoms with van der Waals surface area (Å²) in [6.07, 6.45) is 5.76. The van der Waals surface area contributed by atoms with Crippen molar-refractivity contribution in [2.45, 2.75) is 33.2 Å². The van der Waals surface area contributed by atoms with Crippen molar-refractivity contribution < 1.29 is 14.7 Å². The number of carboxylic acids is 1. The topological polar surface area (TPSA) is 139 Å². The van der Waals surface area contributed by atoms with Crippen LogP contribution in [0.2, 0.25) is 0 Å². The highest BCUT2D eigenvalue weighted by Crippen LogP contribution is 2.14. The van der Waals surface area contributed by atoms with E-state index in [2.05, 4.69) is 33.9 Å². The molecule has 0 aliphatic heterocycles. The van der Waals surface area contributed by atoms with Crippen molar-refractivity contribution in [1.82, 2.24) is 34.2 Å². The number of aromatic nitrogens is 6. The van der Waals surface area contributed by atoms with Crippen LogP contribution in [0.1, 0.15) is 53.0 Å². The van der Waals surface area contributed by atoms with Gasteiger partial charge in [0.2, 0.25) is 5.95 Å². The third kappa shape index (κ3) is 4.58. The van der Waals surface area contributed by atoms with Gasteiger partial charge in [-0.3, -0.25) is 14.6 Å². The van der Waals surface area contributed by atoms with Crippen LogP contribution in [0, 0.1) is 0 Å². The molecule has 0 aliphatic carbocycles. The van der Waals surface area contributed by atoms with E-state index in [1.54, 1.807) is 16.7 Å². The monoisotopic (exact) mass is 463 g/mol. The minimum absolute atomic E-state index is 0.0150. The summed E-state index contributed by atoms with van der Waals surface area (Å²) in [5.74, 6) is -1.04. The van der Waals surface area contributed by atoms with Crippen molar-refractivity contribution in [2.24, 2.45) is 0 Å². The molecule has 4 aromatic rings. The first kappa shape index (κ1) is 22.9. The van der Waals surface area contributed by atoms with E-state index in [4.69, 9.17) is 5.11 Å². The molecule has 0 atom stereocenters. The zero-order valence-electron chi connectivity index (χ0n) is 18.9. The molecular weight excluding hydrogens is 438 g/mol. The zero-order valence-corrected chi connectivity index (χ0v) is 18.9. The molecular formula is C23H25N7O4. The summed E-state index contributed by atoms with van der Waals surface area (Å²) in [5.41, 5.74) is 1.58. The Morgan fingerprint density at radius 3 is 2.41 bits per heavy atom. The molecule has 3 heterocycles. The van der Waals surface area contributed by atoms with E-state index < -0.39 is 11.5 Å². The number of aromatic carboxylic acids is 1. The maximum atomic E-state index is 12.8. The van der Waals surface area contributed by atoms with Crippen LogP contribution >= 0.6 is 0 Å². The number of aromatic amines is 1. The average Bonchev–Trinajstić information content (AvgIpc) is 3.47. The number of carbonyl (C=O) groups excluding carboxylic acids is 1. The Bertz CT molecular complexity index is 1380. The fourth-order valence-corrected chi connectivity index (χ4v) is 3.74. The molecule has 0 bridgehead atoms. The van der Waals surface area contributed by atoms with Gasteiger partial charge in [-0.1, -0.05) is 26.0 Å². The number of H-pyrrole nitrogens is 1. The fourth-order valence-electron chi connectivity index (χ4n) is 3.74. The van der Waals surface area contributed by atoms with Crippen LogP contribution in [0.15, 0.2) is 47.8 Å². The first-order valence-electron chi connectivity index (χ1n) is 11.0. The Morgan fingerprint density at radius 2 is 1.79 bits per heavy atom. The van der Waals surface area contributed by atoms with E-state index in [1.807, 2.05) is 17.0 Å². The number of amides is 1. The Labute approximate surface area is 194 Å². The lowest BCUT2D eigenvalue weighted by molar-refractivity contribution is 0.0695. The van der Waals surface area contributed by atoms with Crippen LogP contribution in [0.5, 0.6) is 0 Å². The molecule has 0 spiro atoms. The molecule has 11 heteroatoms. The predicted molar refractivity (Wildman–Crippen MR) is 124 cm³/mol. The Hall–Kier alpha value is -4.28. The number of carbonyl (C=O) groups is 2. The molecule has 2 N–H and O–H groups in total. The normalized spacial score (nSPS) is 11.1. The second-order valence-corrected chi connectivity index (χ2v) is 7.90. The third-order valence-electron chi connectivity index (χ3n) is 5.35. The van der Waals surface area contributed by atoms with E-state index in [0.717, 1.165) is 31.5 Å². The standard InChI is InChI=1S/C23H25N7O4/c1-3-9-28(10-4-2)21(32)16-7-5-15(6-8-16)12-29-14-24-19-18(29)20(31)27-23(26-19)30-13-17(11-25-30)22(33)34/h5-8,11,13-14H,3-4,9-10,12H2,1-2H3,(H,33,34)(H,26,27,31). The number of hydrogen-bond acceptors (Lipinski definition) is 6. The number of imidazole rings is 1. The summed E-state index contributed by atoms with van der Waals surface area (Å²) in [6, 6.07) is 7.32. The summed E-state index contributed by atoms with van der Waals surface area (Å²) in [4.78, 5) is 49.6. The van der Waals surface area contributed by atoms with Crippen LogP contribution in [0.4, 0.5) is 0 Å². The Balaban J connectivity index is 1.56. The van der Waals surface area contributed by atoms with Crippen molar-refractivity contribution in [1.29, 1.82) is 0 Å². The maximum Gasteiger partial charge on any atom is 0.338 e. The summed E-state index contributed by atoms with van der Waals surface area (Å²) < 4.78 is 2.85. The van der Waals surface area contributed by atoms with Crippen LogP contribution in [0.25, 0.3) is 17.1 Å². The second kappa shape index (κ2) is 9.69. The molecule has 0 unspecified atom stereocenters. The van der Waals surface area contributed by atoms with Gasteiger partial charge in [-0.2, -0.15) is 10.1 Å². The molecule has 34 heavy (non-hydrogen) atoms. The number of benzene rings is 1. The lowest BCUT2D eigenvalue weighted by Gasteiger charge is -2.21. The molecule has 4 rings (SSSR count). The van der Waals surface area contributed by atoms with Gasteiger partial charge in [0.05, 0.1) is 18.1 Å². The van der Waals surface area contributed by atoms with Gasteiger partial charge in [-0.25, -0.2) is 14.5 Å². The van der Waals surface area contributed by atoms with Crippen LogP contribution in [-0.2, 0) is 6.54 Å². The van der Waals surface area contributed by atoms with Gasteiger partial charge in [0.15, 0.2) is 11.2 Å². The Kier molecular flexibility index (Phi) is 6.53. The minimum Gasteiger partial charge on any atom is -0.478 e. The Morgan fingerprint density at radius 1 is 1.09 bits per heavy atom. The molecule has 176 valence electrons. The van der Waals surface area contributed by atoms with Crippen molar-refractivity contribution in [3.63, 3.8) is 0 Å². The highest BCUT2D eigenvalue weighted by molar-refractivity contribution is 5.94. The highest BCUT2D eigenvalue weighted by atomic mass is 16.4. The van der Waals surface area contributed by atoms with Gasteiger partial charge in [-0.15, -0.1) is 0 Å². The minimum atomic E-state index is -1.13. The quantitative estimate of drug-likeness (QED) is 0.388. The predicted octanol–water partition coefficient (Wildman–Crippen LogP) is 2.31. The summed E-state index contributed by atoms with van der Waals surface area (Å²) in [5, 5.41) is 13.0. The van der Waals surface area contributed by atoms with Crippen molar-refractivity contribution in [3.8, 4) is 5.95 Å². The molecule has 3 aromatic heterocycles. The molecule has 0 saturated carbocycles. The zero-order chi connectivity index (χ0) is 24.2. The number of nitrogens with one attached hydrogen (secondary N) is 1. The largest absolute Gasteiger partial charge is 0.478 e. The number of fused-ring (bicyclic) bond motifs is 1. The van der Waals surface area contributed by atoms with E-state index in [-0.39, 0.29) is 28.6 Å². The van der Waals surface area contributed by atoms with Gasteiger partial charge in [0.25, 0.3) is 11.5 Å². The summed E-state index contributed by atoms with van der Waals surface area (Å²) in [7, 11) is 0. The van der Waals surface area contributed by atoms with Crippen LogP contribution in [0.3, 0.4) is 0 Å². The molecule has 11 nitrogen and oxygen atoms in total. The number of nitrogens with zero attached hydrogens (tertiary/aromatic N) is 6. The van der Waals surface area contributed by atoms with Crippen molar-refractivity contribution in [2.75, 3.05) is 13.1 Å². The van der Waals surface area contributed by atoms with Crippen molar-refractivity contribution >= 4 is 23.0 Å². The molecule has 1 amide bonds. The molecule has 0 saturated heterocycles. The number of hydrogen-bond donors (Lipinski definition) is 2. The molecule has 0 fully saturated rings. The van der Waals surface area contributed by atoms with Crippen LogP contribution in [-0.4, -0.2) is 64.3 Å². The lowest BCUT2D eigenvalue weighted by atomic mass is 10.1. The maximum absolute atomic E-state index is 12.8. The van der Waals surface area contributed by atoms with Gasteiger partial charge in [0, 0.05) is 31.4 Å². The van der Waals surface area contributed by atoms with Gasteiger partial charge in [-0.05, 0) is 30.5 Å². The van der Waals surface area contributed by atoms with E-state index in [1.165, 1.54) is 23.4 Å². The summed E-state index contributed by atoms with van der Waals surface area (Å²) in [6.45, 7) is 5.92. The molecule has 0 radical (unpaired) electrons. The fraction of sp³-hybridized carbons (Fsp3) is 0.304. The number of rotatable bonds is 9. The highest BCUT2D eigenvalue weighted by Gasteiger charge is 2.16. The SMILES string of the molecule is CCCN(CCC)C(=O)c1ccc(Cn2cnc3nc(-n4cc(C(=O)O)cn4)[nH]c(=O)c32)cc1.